The average Bonchev–Trinajstić information content (AvgIpc) is 2.83. The molecule has 2 aromatic carbocycles. The van der Waals surface area contributed by atoms with Gasteiger partial charge in [0.15, 0.2) is 0 Å². The van der Waals surface area contributed by atoms with Crippen LogP contribution < -0.4 is 9.47 Å². The monoisotopic (exact) mass is 352 g/mol. The van der Waals surface area contributed by atoms with Gasteiger partial charge in [-0.05, 0) is 48.9 Å². The standard InChI is InChI=1S/C21H21FN2O2/c1-2-25-19-7-8-20-16(12-19)11-17-14-24(9-10-26-21(17)23-20)13-15-3-5-18(22)6-4-15/h3-8,11-12H,2,9-10,13-14H2,1H3. The SMILES string of the molecule is CCOc1ccc2nc3c(cc2c1)CN(Cc1ccc(F)cc1)CCO3. The molecule has 2 heterocycles. The van der Waals surface area contributed by atoms with Crippen LogP contribution in [0.1, 0.15) is 18.1 Å². The Labute approximate surface area is 152 Å². The second-order valence-electron chi connectivity index (χ2n) is 6.43. The largest absolute Gasteiger partial charge is 0.494 e. The number of halogens is 1. The second-order valence-corrected chi connectivity index (χ2v) is 6.43. The quantitative estimate of drug-likeness (QED) is 0.706. The van der Waals surface area contributed by atoms with E-state index in [4.69, 9.17) is 9.47 Å². The van der Waals surface area contributed by atoms with Gasteiger partial charge in [0.1, 0.15) is 18.2 Å². The number of rotatable bonds is 4. The minimum absolute atomic E-state index is 0.209. The molecule has 4 nitrogen and oxygen atoms in total. The maximum atomic E-state index is 13.1. The normalized spacial score (nSPS) is 14.5. The molecule has 26 heavy (non-hydrogen) atoms. The third kappa shape index (κ3) is 3.63. The van der Waals surface area contributed by atoms with Gasteiger partial charge in [0.2, 0.25) is 5.88 Å². The number of hydrogen-bond acceptors (Lipinski definition) is 4. The van der Waals surface area contributed by atoms with Crippen molar-refractivity contribution in [3.63, 3.8) is 0 Å². The lowest BCUT2D eigenvalue weighted by Gasteiger charge is -2.19. The van der Waals surface area contributed by atoms with E-state index in [1.54, 1.807) is 0 Å². The van der Waals surface area contributed by atoms with Crippen LogP contribution in [0.3, 0.4) is 0 Å². The van der Waals surface area contributed by atoms with Crippen molar-refractivity contribution < 1.29 is 13.9 Å². The van der Waals surface area contributed by atoms with Crippen molar-refractivity contribution in [2.45, 2.75) is 20.0 Å². The Bertz CT molecular complexity index is 912. The lowest BCUT2D eigenvalue weighted by molar-refractivity contribution is 0.217. The third-order valence-electron chi connectivity index (χ3n) is 4.50. The molecule has 0 bridgehead atoms. The summed E-state index contributed by atoms with van der Waals surface area (Å²) < 4.78 is 24.6. The van der Waals surface area contributed by atoms with E-state index in [1.165, 1.54) is 12.1 Å². The van der Waals surface area contributed by atoms with E-state index in [9.17, 15) is 4.39 Å². The number of pyridine rings is 1. The van der Waals surface area contributed by atoms with E-state index in [0.29, 0.717) is 19.1 Å². The van der Waals surface area contributed by atoms with Crippen LogP contribution in [0.2, 0.25) is 0 Å². The first kappa shape index (κ1) is 16.8. The smallest absolute Gasteiger partial charge is 0.218 e. The molecule has 0 N–H and O–H groups in total. The number of nitrogens with zero attached hydrogens (tertiary/aromatic N) is 2. The number of fused-ring (bicyclic) bond motifs is 2. The molecule has 0 fully saturated rings. The Morgan fingerprint density at radius 1 is 1.15 bits per heavy atom. The average molecular weight is 352 g/mol. The van der Waals surface area contributed by atoms with Crippen LogP contribution in [-0.2, 0) is 13.1 Å². The van der Waals surface area contributed by atoms with Crippen molar-refractivity contribution in [2.75, 3.05) is 19.8 Å². The first-order valence-electron chi connectivity index (χ1n) is 8.87. The Kier molecular flexibility index (Phi) is 4.71. The van der Waals surface area contributed by atoms with Gasteiger partial charge in [0, 0.05) is 30.6 Å². The molecule has 0 spiro atoms. The summed E-state index contributed by atoms with van der Waals surface area (Å²) >= 11 is 0. The lowest BCUT2D eigenvalue weighted by Crippen LogP contribution is -2.25. The van der Waals surface area contributed by atoms with Crippen molar-refractivity contribution in [3.8, 4) is 11.6 Å². The predicted octanol–water partition coefficient (Wildman–Crippen LogP) is 4.17. The van der Waals surface area contributed by atoms with Gasteiger partial charge in [-0.3, -0.25) is 4.90 Å². The van der Waals surface area contributed by atoms with Gasteiger partial charge < -0.3 is 9.47 Å². The summed E-state index contributed by atoms with van der Waals surface area (Å²) in [6.45, 7) is 5.49. The Morgan fingerprint density at radius 3 is 2.81 bits per heavy atom. The van der Waals surface area contributed by atoms with Crippen LogP contribution in [0.4, 0.5) is 4.39 Å². The van der Waals surface area contributed by atoms with E-state index in [1.807, 2.05) is 37.3 Å². The number of benzene rings is 2. The molecule has 1 aromatic heterocycles. The topological polar surface area (TPSA) is 34.6 Å². The molecule has 3 aromatic rings. The molecule has 0 aliphatic carbocycles. The molecule has 0 atom stereocenters. The Hall–Kier alpha value is -2.66. The van der Waals surface area contributed by atoms with Crippen molar-refractivity contribution in [1.82, 2.24) is 9.88 Å². The zero-order valence-electron chi connectivity index (χ0n) is 14.7. The molecule has 0 saturated heterocycles. The van der Waals surface area contributed by atoms with Gasteiger partial charge in [-0.2, -0.15) is 0 Å². The van der Waals surface area contributed by atoms with Gasteiger partial charge in [-0.25, -0.2) is 9.37 Å². The highest BCUT2D eigenvalue weighted by Crippen LogP contribution is 2.28. The molecule has 0 amide bonds. The Balaban J connectivity index is 1.60. The molecule has 1 aliphatic heterocycles. The summed E-state index contributed by atoms with van der Waals surface area (Å²) in [6, 6.07) is 14.7. The zero-order chi connectivity index (χ0) is 17.9. The molecule has 0 unspecified atom stereocenters. The van der Waals surface area contributed by atoms with Gasteiger partial charge in [0.25, 0.3) is 0 Å². The molecule has 4 rings (SSSR count). The minimum atomic E-state index is -0.209. The van der Waals surface area contributed by atoms with E-state index in [-0.39, 0.29) is 5.82 Å². The number of hydrogen-bond donors (Lipinski definition) is 0. The van der Waals surface area contributed by atoms with Crippen LogP contribution in [0.5, 0.6) is 11.6 Å². The van der Waals surface area contributed by atoms with Gasteiger partial charge in [-0.15, -0.1) is 0 Å². The van der Waals surface area contributed by atoms with Gasteiger partial charge >= 0.3 is 0 Å². The van der Waals surface area contributed by atoms with Crippen LogP contribution in [0.15, 0.2) is 48.5 Å². The first-order chi connectivity index (χ1) is 12.7. The predicted molar refractivity (Wildman–Crippen MR) is 98.9 cm³/mol. The van der Waals surface area contributed by atoms with Crippen LogP contribution in [0.25, 0.3) is 10.9 Å². The highest BCUT2D eigenvalue weighted by molar-refractivity contribution is 5.81. The van der Waals surface area contributed by atoms with Gasteiger partial charge in [-0.1, -0.05) is 12.1 Å². The van der Waals surface area contributed by atoms with Crippen molar-refractivity contribution in [2.24, 2.45) is 0 Å². The number of ether oxygens (including phenoxy) is 2. The molecular weight excluding hydrogens is 331 g/mol. The fraction of sp³-hybridized carbons (Fsp3) is 0.286. The first-order valence-corrected chi connectivity index (χ1v) is 8.87. The van der Waals surface area contributed by atoms with E-state index in [2.05, 4.69) is 16.0 Å². The van der Waals surface area contributed by atoms with Crippen LogP contribution >= 0.6 is 0 Å². The van der Waals surface area contributed by atoms with Crippen molar-refractivity contribution >= 4 is 10.9 Å². The molecule has 0 radical (unpaired) electrons. The highest BCUT2D eigenvalue weighted by atomic mass is 19.1. The summed E-state index contributed by atoms with van der Waals surface area (Å²) in [7, 11) is 0. The maximum Gasteiger partial charge on any atom is 0.218 e. The summed E-state index contributed by atoms with van der Waals surface area (Å²) in [4.78, 5) is 6.97. The van der Waals surface area contributed by atoms with E-state index >= 15 is 0 Å². The molecular formula is C21H21FN2O2. The summed E-state index contributed by atoms with van der Waals surface area (Å²) in [5.41, 5.74) is 3.05. The molecule has 1 aliphatic rings. The summed E-state index contributed by atoms with van der Waals surface area (Å²) in [5.74, 6) is 1.33. The lowest BCUT2D eigenvalue weighted by atomic mass is 10.1. The van der Waals surface area contributed by atoms with Crippen molar-refractivity contribution in [1.29, 1.82) is 0 Å². The second kappa shape index (κ2) is 7.30. The van der Waals surface area contributed by atoms with Crippen LogP contribution in [-0.4, -0.2) is 29.6 Å². The Morgan fingerprint density at radius 2 is 2.00 bits per heavy atom. The summed E-state index contributed by atoms with van der Waals surface area (Å²) in [6.07, 6.45) is 0. The fourth-order valence-electron chi connectivity index (χ4n) is 3.25. The van der Waals surface area contributed by atoms with Crippen molar-refractivity contribution in [3.05, 3.63) is 65.5 Å². The van der Waals surface area contributed by atoms with E-state index in [0.717, 1.165) is 47.4 Å². The highest BCUT2D eigenvalue weighted by Gasteiger charge is 2.18. The zero-order valence-corrected chi connectivity index (χ0v) is 14.7. The maximum absolute atomic E-state index is 13.1. The fourth-order valence-corrected chi connectivity index (χ4v) is 3.25. The molecule has 0 saturated carbocycles. The molecule has 5 heteroatoms. The van der Waals surface area contributed by atoms with Gasteiger partial charge in [0.05, 0.1) is 12.1 Å². The van der Waals surface area contributed by atoms with E-state index < -0.39 is 0 Å². The molecule has 134 valence electrons. The number of aromatic nitrogens is 1. The van der Waals surface area contributed by atoms with Crippen LogP contribution in [0, 0.1) is 5.82 Å². The third-order valence-corrected chi connectivity index (χ3v) is 4.50. The summed E-state index contributed by atoms with van der Waals surface area (Å²) in [5, 5.41) is 1.04. The minimum Gasteiger partial charge on any atom is -0.494 e.